The molecule has 0 unspecified atom stereocenters. The summed E-state index contributed by atoms with van der Waals surface area (Å²) in [7, 11) is 0. The zero-order chi connectivity index (χ0) is 13.4. The van der Waals surface area contributed by atoms with Gasteiger partial charge in [0.25, 0.3) is 0 Å². The van der Waals surface area contributed by atoms with E-state index in [1.54, 1.807) is 10.9 Å². The fourth-order valence-electron chi connectivity index (χ4n) is 2.34. The first kappa shape index (κ1) is 12.3. The molecule has 1 saturated heterocycles. The number of aromatic nitrogens is 4. The minimum atomic E-state index is -0.521. The molecule has 1 fully saturated rings. The van der Waals surface area contributed by atoms with Gasteiger partial charge in [0.05, 0.1) is 25.1 Å². The number of aliphatic hydroxyl groups is 2. The summed E-state index contributed by atoms with van der Waals surface area (Å²) in [5.74, 6) is 0.304. The average Bonchev–Trinajstić information content (AvgIpc) is 2.83. The molecule has 0 saturated carbocycles. The molecule has 0 spiro atoms. The van der Waals surface area contributed by atoms with Gasteiger partial charge in [0.15, 0.2) is 11.5 Å². The smallest absolute Gasteiger partial charge is 0.167 e. The molecule has 3 atom stereocenters. The van der Waals surface area contributed by atoms with E-state index in [1.165, 1.54) is 6.33 Å². The second-order valence-corrected chi connectivity index (χ2v) is 4.60. The van der Waals surface area contributed by atoms with Crippen LogP contribution in [-0.4, -0.2) is 48.5 Å². The number of rotatable bonds is 2. The lowest BCUT2D eigenvalue weighted by molar-refractivity contribution is -0.140. The summed E-state index contributed by atoms with van der Waals surface area (Å²) < 4.78 is 7.42. The summed E-state index contributed by atoms with van der Waals surface area (Å²) in [6.07, 6.45) is 2.45. The fraction of sp³-hybridized carbons (Fsp3) is 0.545. The molecule has 0 bridgehead atoms. The minimum Gasteiger partial charge on any atom is -0.394 e. The molecule has 2 aromatic rings. The Morgan fingerprint density at radius 1 is 1.37 bits per heavy atom. The van der Waals surface area contributed by atoms with E-state index < -0.39 is 12.3 Å². The van der Waals surface area contributed by atoms with Gasteiger partial charge in [-0.15, -0.1) is 0 Å². The zero-order valence-corrected chi connectivity index (χ0v) is 10.2. The van der Waals surface area contributed by atoms with Gasteiger partial charge in [-0.1, -0.05) is 0 Å². The Hall–Kier alpha value is -1.77. The van der Waals surface area contributed by atoms with Gasteiger partial charge in [0.1, 0.15) is 18.1 Å². The molecule has 4 N–H and O–H groups in total. The predicted octanol–water partition coefficient (Wildman–Crippen LogP) is -0.561. The van der Waals surface area contributed by atoms with E-state index in [-0.39, 0.29) is 12.7 Å². The lowest BCUT2D eigenvalue weighted by atomic mass is 10.0. The number of nitrogens with two attached hydrogens (primary N) is 1. The van der Waals surface area contributed by atoms with Gasteiger partial charge in [-0.25, -0.2) is 15.0 Å². The zero-order valence-electron chi connectivity index (χ0n) is 10.2. The van der Waals surface area contributed by atoms with Crippen molar-refractivity contribution in [1.29, 1.82) is 0 Å². The van der Waals surface area contributed by atoms with Crippen molar-refractivity contribution < 1.29 is 14.9 Å². The van der Waals surface area contributed by atoms with Gasteiger partial charge in [-0.2, -0.15) is 0 Å². The number of aliphatic hydroxyl groups excluding tert-OH is 2. The maximum atomic E-state index is 9.82. The Kier molecular flexibility index (Phi) is 3.05. The van der Waals surface area contributed by atoms with Crippen LogP contribution < -0.4 is 5.73 Å². The predicted molar refractivity (Wildman–Crippen MR) is 66.0 cm³/mol. The highest BCUT2D eigenvalue weighted by Gasteiger charge is 2.30. The number of nitrogens with zero attached hydrogens (tertiary/aromatic N) is 4. The molecule has 2 aromatic heterocycles. The Morgan fingerprint density at radius 2 is 2.21 bits per heavy atom. The maximum absolute atomic E-state index is 9.82. The summed E-state index contributed by atoms with van der Waals surface area (Å²) in [6.45, 7) is -0.128. The lowest BCUT2D eigenvalue weighted by Gasteiger charge is -2.32. The van der Waals surface area contributed by atoms with Gasteiger partial charge in [0, 0.05) is 12.8 Å². The van der Waals surface area contributed by atoms with Crippen molar-refractivity contribution in [2.24, 2.45) is 0 Å². The van der Waals surface area contributed by atoms with Crippen LogP contribution in [-0.2, 0) is 4.74 Å². The molecule has 0 radical (unpaired) electrons. The van der Waals surface area contributed by atoms with Gasteiger partial charge in [0.2, 0.25) is 0 Å². The molecule has 102 valence electrons. The third-order valence-corrected chi connectivity index (χ3v) is 3.26. The molecular weight excluding hydrogens is 250 g/mol. The number of fused-ring (bicyclic) bond motifs is 1. The van der Waals surface area contributed by atoms with Crippen molar-refractivity contribution in [2.75, 3.05) is 12.3 Å². The second-order valence-electron chi connectivity index (χ2n) is 4.60. The summed E-state index contributed by atoms with van der Waals surface area (Å²) in [6, 6.07) is 0. The first-order valence-electron chi connectivity index (χ1n) is 6.06. The van der Waals surface area contributed by atoms with Gasteiger partial charge in [-0.05, 0) is 0 Å². The summed E-state index contributed by atoms with van der Waals surface area (Å²) in [4.78, 5) is 12.2. The van der Waals surface area contributed by atoms with Gasteiger partial charge >= 0.3 is 0 Å². The van der Waals surface area contributed by atoms with Crippen LogP contribution in [0.2, 0.25) is 0 Å². The third-order valence-electron chi connectivity index (χ3n) is 3.26. The van der Waals surface area contributed by atoms with Crippen LogP contribution in [0.4, 0.5) is 5.82 Å². The van der Waals surface area contributed by atoms with Crippen molar-refractivity contribution in [3.63, 3.8) is 0 Å². The molecule has 1 aliphatic rings. The van der Waals surface area contributed by atoms with E-state index in [4.69, 9.17) is 10.5 Å². The van der Waals surface area contributed by atoms with E-state index in [2.05, 4.69) is 15.0 Å². The molecule has 3 rings (SSSR count). The lowest BCUT2D eigenvalue weighted by Crippen LogP contribution is -2.35. The van der Waals surface area contributed by atoms with Crippen LogP contribution in [0.3, 0.4) is 0 Å². The van der Waals surface area contributed by atoms with Crippen molar-refractivity contribution in [2.45, 2.75) is 31.3 Å². The Morgan fingerprint density at radius 3 is 3.00 bits per heavy atom. The van der Waals surface area contributed by atoms with Crippen LogP contribution >= 0.6 is 0 Å². The maximum Gasteiger partial charge on any atom is 0.167 e. The van der Waals surface area contributed by atoms with Crippen LogP contribution in [0.15, 0.2) is 12.7 Å². The fourth-order valence-corrected chi connectivity index (χ4v) is 2.34. The van der Waals surface area contributed by atoms with E-state index in [0.717, 1.165) is 0 Å². The number of hydrogen-bond donors (Lipinski definition) is 3. The Balaban J connectivity index is 1.97. The molecular formula is C11H15N5O3. The van der Waals surface area contributed by atoms with Crippen molar-refractivity contribution in [1.82, 2.24) is 19.5 Å². The molecule has 8 nitrogen and oxygen atoms in total. The summed E-state index contributed by atoms with van der Waals surface area (Å²) in [5.41, 5.74) is 6.79. The van der Waals surface area contributed by atoms with E-state index in [0.29, 0.717) is 29.8 Å². The standard InChI is InChI=1S/C11H15N5O3/c12-10-9-11(14-4-13-10)16(5-15-9)8-2-6(18)1-7(3-17)19-8/h4-8,17-18H,1-3H2,(H2,12,13,14)/t6-,7+,8-/m1/s1. The first-order valence-corrected chi connectivity index (χ1v) is 6.06. The molecule has 19 heavy (non-hydrogen) atoms. The average molecular weight is 265 g/mol. The number of imidazole rings is 1. The minimum absolute atomic E-state index is 0.128. The Labute approximate surface area is 108 Å². The highest BCUT2D eigenvalue weighted by molar-refractivity contribution is 5.81. The molecule has 0 aliphatic carbocycles. The Bertz CT molecular complexity index is 587. The first-order chi connectivity index (χ1) is 9.19. The highest BCUT2D eigenvalue weighted by Crippen LogP contribution is 2.29. The SMILES string of the molecule is Nc1ncnc2c1ncn2[C@H]1C[C@H](O)C[C@@H](CO)O1. The van der Waals surface area contributed by atoms with Crippen LogP contribution in [0.25, 0.3) is 11.2 Å². The third kappa shape index (κ3) is 2.14. The van der Waals surface area contributed by atoms with Crippen LogP contribution in [0, 0.1) is 0 Å². The molecule has 3 heterocycles. The monoisotopic (exact) mass is 265 g/mol. The normalized spacial score (nSPS) is 27.8. The number of nitrogen functional groups attached to an aromatic ring is 1. The van der Waals surface area contributed by atoms with Gasteiger partial charge in [-0.3, -0.25) is 4.57 Å². The number of anilines is 1. The quantitative estimate of drug-likeness (QED) is 0.665. The van der Waals surface area contributed by atoms with Crippen LogP contribution in [0.1, 0.15) is 19.1 Å². The summed E-state index contributed by atoms with van der Waals surface area (Å²) in [5, 5.41) is 19.0. The molecule has 0 amide bonds. The molecule has 0 aromatic carbocycles. The van der Waals surface area contributed by atoms with E-state index >= 15 is 0 Å². The number of ether oxygens (including phenoxy) is 1. The molecule has 8 heteroatoms. The number of hydrogen-bond acceptors (Lipinski definition) is 7. The van der Waals surface area contributed by atoms with Crippen molar-refractivity contribution in [3.05, 3.63) is 12.7 Å². The van der Waals surface area contributed by atoms with Crippen molar-refractivity contribution >= 4 is 17.0 Å². The topological polar surface area (TPSA) is 119 Å². The molecule has 1 aliphatic heterocycles. The highest BCUT2D eigenvalue weighted by atomic mass is 16.5. The van der Waals surface area contributed by atoms with E-state index in [9.17, 15) is 10.2 Å². The van der Waals surface area contributed by atoms with E-state index in [1.807, 2.05) is 0 Å². The second kappa shape index (κ2) is 4.72. The van der Waals surface area contributed by atoms with Gasteiger partial charge < -0.3 is 20.7 Å². The largest absolute Gasteiger partial charge is 0.394 e. The van der Waals surface area contributed by atoms with Crippen molar-refractivity contribution in [3.8, 4) is 0 Å². The van der Waals surface area contributed by atoms with Crippen LogP contribution in [0.5, 0.6) is 0 Å². The summed E-state index contributed by atoms with van der Waals surface area (Å²) >= 11 is 0.